The van der Waals surface area contributed by atoms with E-state index < -0.39 is 0 Å². The minimum absolute atomic E-state index is 0.181. The van der Waals surface area contributed by atoms with Crippen molar-refractivity contribution >= 4 is 28.8 Å². The van der Waals surface area contributed by atoms with Crippen LogP contribution < -0.4 is 20.1 Å². The lowest BCUT2D eigenvalue weighted by Crippen LogP contribution is -2.35. The molecule has 0 saturated carbocycles. The molecule has 0 atom stereocenters. The number of carbonyl (C=O) groups is 2. The van der Waals surface area contributed by atoms with Crippen LogP contribution in [0.4, 0.5) is 0 Å². The maximum atomic E-state index is 13.3. The molecule has 0 aliphatic heterocycles. The van der Waals surface area contributed by atoms with Gasteiger partial charge in [-0.05, 0) is 55.3 Å². The van der Waals surface area contributed by atoms with Crippen molar-refractivity contribution in [1.29, 1.82) is 0 Å². The topological polar surface area (TPSA) is 81.6 Å². The molecule has 7 heteroatoms. The number of para-hydroxylation sites is 1. The number of methoxy groups -OCH3 is 2. The van der Waals surface area contributed by atoms with E-state index in [0.717, 1.165) is 28.6 Å². The number of aromatic nitrogens is 1. The Hall–Kier alpha value is -4.52. The fraction of sp³-hybridized carbons (Fsp3) is 0.200. The van der Waals surface area contributed by atoms with Gasteiger partial charge in [-0.3, -0.25) is 9.59 Å². The van der Waals surface area contributed by atoms with Crippen LogP contribution in [0, 0.1) is 0 Å². The molecule has 0 fully saturated rings. The Labute approximate surface area is 216 Å². The van der Waals surface area contributed by atoms with Crippen LogP contribution in [-0.4, -0.2) is 37.1 Å². The summed E-state index contributed by atoms with van der Waals surface area (Å²) in [4.78, 5) is 26.2. The number of hydrogen-bond acceptors (Lipinski definition) is 4. The minimum atomic E-state index is -0.363. The van der Waals surface area contributed by atoms with Crippen LogP contribution in [0.2, 0.25) is 0 Å². The number of rotatable bonds is 10. The number of hydrogen-bond donors (Lipinski definition) is 2. The van der Waals surface area contributed by atoms with Crippen LogP contribution >= 0.6 is 0 Å². The van der Waals surface area contributed by atoms with Crippen LogP contribution in [0.25, 0.3) is 17.0 Å². The zero-order valence-electron chi connectivity index (χ0n) is 21.3. The number of aryl methyl sites for hydroxylation is 1. The smallest absolute Gasteiger partial charge is 0.267 e. The molecule has 1 aromatic heterocycles. The summed E-state index contributed by atoms with van der Waals surface area (Å²) in [6.45, 7) is 3.24. The van der Waals surface area contributed by atoms with E-state index in [9.17, 15) is 9.59 Å². The van der Waals surface area contributed by atoms with Crippen molar-refractivity contribution in [2.75, 3.05) is 20.8 Å². The minimum Gasteiger partial charge on any atom is -0.493 e. The fourth-order valence-electron chi connectivity index (χ4n) is 4.20. The number of nitrogens with one attached hydrogen (secondary N) is 2. The van der Waals surface area contributed by atoms with Crippen LogP contribution in [0.15, 0.2) is 84.7 Å². The van der Waals surface area contributed by atoms with E-state index in [-0.39, 0.29) is 17.5 Å². The monoisotopic (exact) mass is 497 g/mol. The summed E-state index contributed by atoms with van der Waals surface area (Å²) >= 11 is 0. The number of nitrogens with zero attached hydrogens (tertiary/aromatic N) is 1. The van der Waals surface area contributed by atoms with Crippen molar-refractivity contribution in [2.45, 2.75) is 19.9 Å². The van der Waals surface area contributed by atoms with Gasteiger partial charge in [-0.1, -0.05) is 42.5 Å². The number of ether oxygens (including phenoxy) is 2. The molecular weight excluding hydrogens is 466 g/mol. The van der Waals surface area contributed by atoms with Crippen LogP contribution in [0.1, 0.15) is 28.4 Å². The van der Waals surface area contributed by atoms with Gasteiger partial charge in [0.1, 0.15) is 5.70 Å². The van der Waals surface area contributed by atoms with Gasteiger partial charge >= 0.3 is 0 Å². The van der Waals surface area contributed by atoms with Crippen LogP contribution in [-0.2, 0) is 17.8 Å². The summed E-state index contributed by atoms with van der Waals surface area (Å²) in [6, 6.07) is 22.5. The summed E-state index contributed by atoms with van der Waals surface area (Å²) < 4.78 is 12.8. The van der Waals surface area contributed by atoms with Crippen LogP contribution in [0.3, 0.4) is 0 Å². The Balaban J connectivity index is 1.57. The Morgan fingerprint density at radius 2 is 1.65 bits per heavy atom. The van der Waals surface area contributed by atoms with Crippen molar-refractivity contribution in [3.8, 4) is 11.5 Å². The van der Waals surface area contributed by atoms with Crippen molar-refractivity contribution in [2.24, 2.45) is 0 Å². The maximum absolute atomic E-state index is 13.3. The molecule has 0 unspecified atom stereocenters. The van der Waals surface area contributed by atoms with E-state index in [1.54, 1.807) is 44.6 Å². The molecule has 0 aliphatic carbocycles. The van der Waals surface area contributed by atoms with Crippen molar-refractivity contribution in [1.82, 2.24) is 15.2 Å². The summed E-state index contributed by atoms with van der Waals surface area (Å²) in [6.07, 6.45) is 4.32. The third-order valence-corrected chi connectivity index (χ3v) is 6.14. The highest BCUT2D eigenvalue weighted by molar-refractivity contribution is 6.06. The molecule has 0 bridgehead atoms. The predicted octanol–water partition coefficient (Wildman–Crippen LogP) is 4.81. The first-order valence-corrected chi connectivity index (χ1v) is 12.2. The van der Waals surface area contributed by atoms with Crippen molar-refractivity contribution < 1.29 is 19.1 Å². The molecule has 7 nitrogen and oxygen atoms in total. The Morgan fingerprint density at radius 1 is 0.919 bits per heavy atom. The SMILES string of the molecule is CCn1cc(C=C(NC(=O)c2ccccc2)C(=O)NCCc2ccc(OC)c(OC)c2)c2ccccc21. The van der Waals surface area contributed by atoms with Gasteiger partial charge in [-0.2, -0.15) is 0 Å². The molecule has 0 spiro atoms. The van der Waals surface area contributed by atoms with Gasteiger partial charge in [-0.25, -0.2) is 0 Å². The van der Waals surface area contributed by atoms with Gasteiger partial charge in [-0.15, -0.1) is 0 Å². The molecule has 190 valence electrons. The van der Waals surface area contributed by atoms with Crippen molar-refractivity contribution in [3.63, 3.8) is 0 Å². The highest BCUT2D eigenvalue weighted by Crippen LogP contribution is 2.27. The number of fused-ring (bicyclic) bond motifs is 1. The van der Waals surface area contributed by atoms with Gasteiger partial charge in [0, 0.05) is 41.3 Å². The average molecular weight is 498 g/mol. The first-order valence-electron chi connectivity index (χ1n) is 12.2. The highest BCUT2D eigenvalue weighted by Gasteiger charge is 2.16. The second kappa shape index (κ2) is 11.9. The van der Waals surface area contributed by atoms with Gasteiger partial charge in [0.15, 0.2) is 11.5 Å². The number of amides is 2. The Morgan fingerprint density at radius 3 is 2.38 bits per heavy atom. The number of benzene rings is 3. The lowest BCUT2D eigenvalue weighted by molar-refractivity contribution is -0.117. The normalized spacial score (nSPS) is 11.3. The molecule has 3 aromatic carbocycles. The molecule has 4 aromatic rings. The molecule has 37 heavy (non-hydrogen) atoms. The molecule has 0 radical (unpaired) electrons. The standard InChI is InChI=1S/C30H31N3O4/c1-4-33-20-23(24-12-8-9-13-26(24)33)19-25(32-29(34)22-10-6-5-7-11-22)30(35)31-17-16-21-14-15-27(36-2)28(18-21)37-3/h5-15,18-20H,4,16-17H2,1-3H3,(H,31,35)(H,32,34). The Kier molecular flexibility index (Phi) is 8.26. The Bertz CT molecular complexity index is 1420. The summed E-state index contributed by atoms with van der Waals surface area (Å²) in [7, 11) is 3.18. The van der Waals surface area contributed by atoms with E-state index in [2.05, 4.69) is 22.1 Å². The highest BCUT2D eigenvalue weighted by atomic mass is 16.5. The lowest BCUT2D eigenvalue weighted by atomic mass is 10.1. The van der Waals surface area contributed by atoms with Gasteiger partial charge in [0.25, 0.3) is 11.8 Å². The molecule has 0 saturated heterocycles. The van der Waals surface area contributed by atoms with E-state index >= 15 is 0 Å². The van der Waals surface area contributed by atoms with E-state index in [4.69, 9.17) is 9.47 Å². The first kappa shape index (κ1) is 25.6. The fourth-order valence-corrected chi connectivity index (χ4v) is 4.20. The first-order chi connectivity index (χ1) is 18.0. The van der Waals surface area contributed by atoms with E-state index in [1.807, 2.05) is 54.7 Å². The van der Waals surface area contributed by atoms with Crippen LogP contribution in [0.5, 0.6) is 11.5 Å². The third kappa shape index (κ3) is 6.01. The molecular formula is C30H31N3O4. The zero-order chi connectivity index (χ0) is 26.2. The maximum Gasteiger partial charge on any atom is 0.267 e. The second-order valence-corrected chi connectivity index (χ2v) is 8.46. The summed E-state index contributed by atoms with van der Waals surface area (Å²) in [5, 5.41) is 6.77. The average Bonchev–Trinajstić information content (AvgIpc) is 3.30. The lowest BCUT2D eigenvalue weighted by Gasteiger charge is -2.12. The largest absolute Gasteiger partial charge is 0.493 e. The second-order valence-electron chi connectivity index (χ2n) is 8.46. The van der Waals surface area contributed by atoms with Gasteiger partial charge < -0.3 is 24.7 Å². The predicted molar refractivity (Wildman–Crippen MR) is 146 cm³/mol. The zero-order valence-corrected chi connectivity index (χ0v) is 21.3. The quantitative estimate of drug-likeness (QED) is 0.308. The molecule has 2 N–H and O–H groups in total. The molecule has 4 rings (SSSR count). The van der Waals surface area contributed by atoms with Gasteiger partial charge in [0.2, 0.25) is 0 Å². The number of carbonyl (C=O) groups excluding carboxylic acids is 2. The molecule has 1 heterocycles. The van der Waals surface area contributed by atoms with E-state index in [0.29, 0.717) is 30.0 Å². The third-order valence-electron chi connectivity index (χ3n) is 6.14. The molecule has 0 aliphatic rings. The summed E-state index contributed by atoms with van der Waals surface area (Å²) in [5.41, 5.74) is 3.57. The summed E-state index contributed by atoms with van der Waals surface area (Å²) in [5.74, 6) is 0.573. The van der Waals surface area contributed by atoms with Crippen molar-refractivity contribution in [3.05, 3.63) is 101 Å². The molecule has 2 amide bonds. The van der Waals surface area contributed by atoms with Gasteiger partial charge in [0.05, 0.1) is 14.2 Å². The van der Waals surface area contributed by atoms with E-state index in [1.165, 1.54) is 0 Å².